The predicted octanol–water partition coefficient (Wildman–Crippen LogP) is 3.37. The van der Waals surface area contributed by atoms with Crippen LogP contribution in [-0.2, 0) is 6.54 Å². The molecule has 3 aromatic rings. The van der Waals surface area contributed by atoms with E-state index in [1.807, 2.05) is 47.3 Å². The van der Waals surface area contributed by atoms with Gasteiger partial charge in [0.1, 0.15) is 0 Å². The van der Waals surface area contributed by atoms with Crippen LogP contribution in [-0.4, -0.2) is 38.4 Å². The van der Waals surface area contributed by atoms with Crippen LogP contribution in [0, 0.1) is 17.2 Å². The number of carbonyl (C=O) groups is 1. The van der Waals surface area contributed by atoms with Crippen LogP contribution in [0.15, 0.2) is 61.3 Å². The minimum absolute atomic E-state index is 0.00450. The molecule has 6 nitrogen and oxygen atoms in total. The van der Waals surface area contributed by atoms with Crippen LogP contribution in [0.5, 0.6) is 0 Å². The van der Waals surface area contributed by atoms with E-state index >= 15 is 0 Å². The van der Waals surface area contributed by atoms with Gasteiger partial charge in [-0.3, -0.25) is 9.78 Å². The van der Waals surface area contributed by atoms with E-state index in [2.05, 4.69) is 22.1 Å². The molecule has 1 aromatic carbocycles. The summed E-state index contributed by atoms with van der Waals surface area (Å²) in [5, 5.41) is 9.12. The molecule has 2 aromatic heterocycles. The third kappa shape index (κ3) is 3.94. The lowest BCUT2D eigenvalue weighted by atomic mass is 9.98. The normalized spacial score (nSPS) is 16.5. The Morgan fingerprint density at radius 2 is 2.07 bits per heavy atom. The van der Waals surface area contributed by atoms with Crippen molar-refractivity contribution in [1.82, 2.24) is 19.4 Å². The van der Waals surface area contributed by atoms with Gasteiger partial charge in [0.05, 0.1) is 24.0 Å². The number of hydrogen-bond donors (Lipinski definition) is 0. The number of imidazole rings is 1. The third-order valence-electron chi connectivity index (χ3n) is 5.07. The van der Waals surface area contributed by atoms with Crippen LogP contribution >= 0.6 is 0 Å². The Balaban J connectivity index is 1.44. The third-order valence-corrected chi connectivity index (χ3v) is 5.07. The van der Waals surface area contributed by atoms with Crippen molar-refractivity contribution in [2.75, 3.05) is 13.1 Å². The molecule has 0 radical (unpaired) electrons. The van der Waals surface area contributed by atoms with Gasteiger partial charge in [0.2, 0.25) is 0 Å². The Morgan fingerprint density at radius 1 is 1.21 bits per heavy atom. The number of hydrogen-bond acceptors (Lipinski definition) is 4. The maximum absolute atomic E-state index is 12.7. The van der Waals surface area contributed by atoms with Gasteiger partial charge in [-0.2, -0.15) is 5.26 Å². The highest BCUT2D eigenvalue weighted by atomic mass is 16.2. The summed E-state index contributed by atoms with van der Waals surface area (Å²) < 4.78 is 1.99. The number of amides is 1. The zero-order chi connectivity index (χ0) is 19.3. The molecule has 3 heterocycles. The zero-order valence-electron chi connectivity index (χ0n) is 15.5. The highest BCUT2D eigenvalue weighted by Crippen LogP contribution is 2.21. The van der Waals surface area contributed by atoms with Gasteiger partial charge in [0.25, 0.3) is 5.91 Å². The molecule has 1 aliphatic heterocycles. The van der Waals surface area contributed by atoms with E-state index in [1.165, 1.54) is 0 Å². The van der Waals surface area contributed by atoms with E-state index in [0.717, 1.165) is 42.8 Å². The van der Waals surface area contributed by atoms with Gasteiger partial charge in [-0.1, -0.05) is 18.2 Å². The molecule has 0 aliphatic carbocycles. The predicted molar refractivity (Wildman–Crippen MR) is 105 cm³/mol. The Morgan fingerprint density at radius 3 is 2.75 bits per heavy atom. The number of pyridine rings is 1. The quantitative estimate of drug-likeness (QED) is 0.705. The number of piperidine rings is 1. The lowest BCUT2D eigenvalue weighted by molar-refractivity contribution is 0.0699. The Kier molecular flexibility index (Phi) is 5.16. The van der Waals surface area contributed by atoms with Crippen molar-refractivity contribution >= 4 is 5.91 Å². The van der Waals surface area contributed by atoms with E-state index < -0.39 is 0 Å². The number of rotatable bonds is 4. The topological polar surface area (TPSA) is 74.8 Å². The Hall–Kier alpha value is -3.46. The summed E-state index contributed by atoms with van der Waals surface area (Å²) in [5.74, 6) is -0.0582. The first-order chi connectivity index (χ1) is 13.7. The number of carbonyl (C=O) groups excluding carboxylic acids is 1. The second kappa shape index (κ2) is 8.05. The molecule has 0 spiro atoms. The van der Waals surface area contributed by atoms with Crippen molar-refractivity contribution < 1.29 is 4.79 Å². The van der Waals surface area contributed by atoms with Crippen molar-refractivity contribution in [1.29, 1.82) is 5.26 Å². The first-order valence-corrected chi connectivity index (χ1v) is 9.43. The molecule has 1 amide bonds. The molecule has 0 bridgehead atoms. The van der Waals surface area contributed by atoms with Gasteiger partial charge < -0.3 is 9.47 Å². The van der Waals surface area contributed by atoms with Crippen molar-refractivity contribution in [3.8, 4) is 17.3 Å². The number of nitriles is 1. The molecule has 0 N–H and O–H groups in total. The second-order valence-electron chi connectivity index (χ2n) is 7.08. The van der Waals surface area contributed by atoms with Crippen LogP contribution < -0.4 is 0 Å². The molecule has 1 saturated heterocycles. The Labute approximate surface area is 164 Å². The fraction of sp³-hybridized carbons (Fsp3) is 0.273. The summed E-state index contributed by atoms with van der Waals surface area (Å²) in [7, 11) is 0. The van der Waals surface area contributed by atoms with Gasteiger partial charge in [-0.05, 0) is 36.6 Å². The average Bonchev–Trinajstić information content (AvgIpc) is 3.27. The van der Waals surface area contributed by atoms with Gasteiger partial charge >= 0.3 is 0 Å². The maximum atomic E-state index is 12.7. The molecule has 1 aliphatic rings. The summed E-state index contributed by atoms with van der Waals surface area (Å²) in [5.41, 5.74) is 3.60. The van der Waals surface area contributed by atoms with Crippen LogP contribution in [0.25, 0.3) is 11.3 Å². The van der Waals surface area contributed by atoms with Crippen molar-refractivity contribution in [2.45, 2.75) is 19.4 Å². The molecule has 1 atom stereocenters. The molecule has 0 saturated carbocycles. The van der Waals surface area contributed by atoms with Gasteiger partial charge in [-0.15, -0.1) is 0 Å². The average molecular weight is 371 g/mol. The summed E-state index contributed by atoms with van der Waals surface area (Å²) in [6.45, 7) is 1.98. The first-order valence-electron chi connectivity index (χ1n) is 9.43. The standard InChI is InChI=1S/C22H21N5O/c23-12-17-2-1-10-27(15-17)22(28)20-6-4-19(5-7-20)21-8-3-18(13-25-21)14-26-11-9-24-16-26/h3-9,11,13,16-17H,1-2,10,14-15H2/t17-/m0/s1. The molecule has 0 unspecified atom stereocenters. The zero-order valence-corrected chi connectivity index (χ0v) is 15.5. The number of nitrogens with zero attached hydrogens (tertiary/aromatic N) is 5. The summed E-state index contributed by atoms with van der Waals surface area (Å²) in [6, 6.07) is 13.9. The fourth-order valence-corrected chi connectivity index (χ4v) is 3.51. The van der Waals surface area contributed by atoms with Crippen LogP contribution in [0.2, 0.25) is 0 Å². The highest BCUT2D eigenvalue weighted by Gasteiger charge is 2.24. The van der Waals surface area contributed by atoms with Gasteiger partial charge in [0, 0.05) is 49.4 Å². The summed E-state index contributed by atoms with van der Waals surface area (Å²) >= 11 is 0. The molecule has 6 heteroatoms. The molecule has 28 heavy (non-hydrogen) atoms. The molecular weight excluding hydrogens is 350 g/mol. The van der Waals surface area contributed by atoms with Crippen molar-refractivity contribution in [3.05, 3.63) is 72.4 Å². The SMILES string of the molecule is N#C[C@@H]1CCCN(C(=O)c2ccc(-c3ccc(Cn4ccnc4)cn3)cc2)C1. The van der Waals surface area contributed by atoms with E-state index in [1.54, 1.807) is 17.4 Å². The van der Waals surface area contributed by atoms with E-state index in [-0.39, 0.29) is 11.8 Å². The van der Waals surface area contributed by atoms with Gasteiger partial charge in [0.15, 0.2) is 0 Å². The van der Waals surface area contributed by atoms with Crippen LogP contribution in [0.3, 0.4) is 0 Å². The number of benzene rings is 1. The van der Waals surface area contributed by atoms with E-state index in [0.29, 0.717) is 12.1 Å². The first kappa shape index (κ1) is 17.9. The number of aromatic nitrogens is 3. The lowest BCUT2D eigenvalue weighted by Gasteiger charge is -2.29. The largest absolute Gasteiger partial charge is 0.337 e. The summed E-state index contributed by atoms with van der Waals surface area (Å²) in [6.07, 6.45) is 9.09. The molecule has 1 fully saturated rings. The van der Waals surface area contributed by atoms with Crippen molar-refractivity contribution in [2.24, 2.45) is 5.92 Å². The maximum Gasteiger partial charge on any atom is 0.253 e. The monoisotopic (exact) mass is 371 g/mol. The Bertz CT molecular complexity index is 971. The summed E-state index contributed by atoms with van der Waals surface area (Å²) in [4.78, 5) is 23.1. The highest BCUT2D eigenvalue weighted by molar-refractivity contribution is 5.94. The minimum atomic E-state index is -0.0537. The van der Waals surface area contributed by atoms with Gasteiger partial charge in [-0.25, -0.2) is 4.98 Å². The molecule has 4 rings (SSSR count). The molecule has 140 valence electrons. The van der Waals surface area contributed by atoms with E-state index in [4.69, 9.17) is 5.26 Å². The van der Waals surface area contributed by atoms with E-state index in [9.17, 15) is 4.79 Å². The smallest absolute Gasteiger partial charge is 0.253 e. The lowest BCUT2D eigenvalue weighted by Crippen LogP contribution is -2.39. The second-order valence-corrected chi connectivity index (χ2v) is 7.08. The molecular formula is C22H21N5O. The van der Waals surface area contributed by atoms with Crippen molar-refractivity contribution in [3.63, 3.8) is 0 Å². The minimum Gasteiger partial charge on any atom is -0.337 e. The van der Waals surface area contributed by atoms with Crippen LogP contribution in [0.1, 0.15) is 28.8 Å². The van der Waals surface area contributed by atoms with Crippen LogP contribution in [0.4, 0.5) is 0 Å². The fourth-order valence-electron chi connectivity index (χ4n) is 3.51. The number of likely N-dealkylation sites (tertiary alicyclic amines) is 1.